The molecule has 5 rings (SSSR count). The fourth-order valence-electron chi connectivity index (χ4n) is 4.62. The van der Waals surface area contributed by atoms with Gasteiger partial charge in [0, 0.05) is 5.56 Å². The van der Waals surface area contributed by atoms with Gasteiger partial charge in [0.05, 0.1) is 5.91 Å². The molecule has 0 bridgehead atoms. The summed E-state index contributed by atoms with van der Waals surface area (Å²) in [5.74, 6) is 0.00370. The molecular formula is C33H35Cl2NOSiZr-2. The first-order chi connectivity index (χ1) is 18.7. The van der Waals surface area contributed by atoms with Gasteiger partial charge in [-0.25, -0.2) is 0 Å². The SMILES string of the molecule is CC(C)c1cccc(C(C)C)c1C([NH-])=O.[Cl][Zr]([Cl])=[SiH]Cc1ccccc1.[c-]1cccc2c1Cc1ccccc1-2. The zero-order valence-corrected chi connectivity index (χ0v) is 28.1. The number of hydrogen-bond donors (Lipinski definition) is 0. The van der Waals surface area contributed by atoms with E-state index >= 15 is 0 Å². The van der Waals surface area contributed by atoms with E-state index < -0.39 is 23.9 Å². The summed E-state index contributed by atoms with van der Waals surface area (Å²) in [6.07, 6.45) is 1.38. The van der Waals surface area contributed by atoms with Crippen LogP contribution in [0.5, 0.6) is 0 Å². The molecule has 4 aromatic carbocycles. The second kappa shape index (κ2) is 15.7. The Labute approximate surface area is 249 Å². The van der Waals surface area contributed by atoms with E-state index in [0.717, 1.165) is 23.6 Å². The van der Waals surface area contributed by atoms with Crippen LogP contribution in [-0.4, -0.2) is 12.1 Å². The summed E-state index contributed by atoms with van der Waals surface area (Å²) in [4.78, 5) is 11.4. The molecule has 1 N–H and O–H groups in total. The van der Waals surface area contributed by atoms with Gasteiger partial charge in [0.25, 0.3) is 0 Å². The van der Waals surface area contributed by atoms with Crippen LogP contribution in [0.15, 0.2) is 91.0 Å². The van der Waals surface area contributed by atoms with Crippen molar-refractivity contribution in [3.8, 4) is 11.1 Å². The average Bonchev–Trinajstić information content (AvgIpc) is 3.31. The Hall–Kier alpha value is -1.97. The van der Waals surface area contributed by atoms with Crippen LogP contribution in [0.3, 0.4) is 0 Å². The van der Waals surface area contributed by atoms with E-state index in [-0.39, 0.29) is 11.8 Å². The maximum absolute atomic E-state index is 11.4. The fraction of sp³-hybridized carbons (Fsp3) is 0.242. The number of hydrogen-bond acceptors (Lipinski definition) is 1. The Morgan fingerprint density at radius 2 is 1.44 bits per heavy atom. The zero-order valence-electron chi connectivity index (χ0n) is 23.0. The van der Waals surface area contributed by atoms with E-state index in [1.54, 1.807) is 0 Å². The Kier molecular flexibility index (Phi) is 12.7. The fourth-order valence-corrected chi connectivity index (χ4v) is 10.9. The number of amides is 1. The largest absolute Gasteiger partial charge is 0.179 e. The normalized spacial score (nSPS) is 11.0. The number of nitrogens with one attached hydrogen (secondary N) is 1. The van der Waals surface area contributed by atoms with Crippen molar-refractivity contribution < 1.29 is 22.8 Å². The van der Waals surface area contributed by atoms with Crippen LogP contribution in [0.4, 0.5) is 0 Å². The van der Waals surface area contributed by atoms with Crippen molar-refractivity contribution in [3.63, 3.8) is 0 Å². The van der Waals surface area contributed by atoms with Gasteiger partial charge in [-0.2, -0.15) is 29.8 Å². The molecule has 1 aliphatic rings. The van der Waals surface area contributed by atoms with E-state index in [0.29, 0.717) is 11.7 Å². The first kappa shape index (κ1) is 31.6. The minimum absolute atomic E-state index is 0.285. The standard InChI is InChI=1S/C13H19NO.C13H9.C7H8Si.2ClH.Zr/c1-8(2)10-6-5-7-11(9(3)4)12(10)13(14)15;1-3-7-12-10(5-1)9-11-6-2-4-8-13(11)12;8-6-7-4-2-1-3-5-7;;;/h5-9H,1-4H3,(H2,14,15);1-5,7-8H,9H2;1-5,8H,6H2;2*1H;/q;-1;;;;+2/p-3. The number of carbonyl (C=O) groups is 1. The van der Waals surface area contributed by atoms with Crippen LogP contribution in [-0.2, 0) is 30.4 Å². The number of benzene rings is 4. The summed E-state index contributed by atoms with van der Waals surface area (Å²) in [5.41, 5.74) is 16.8. The molecule has 0 saturated heterocycles. The van der Waals surface area contributed by atoms with Crippen molar-refractivity contribution >= 4 is 29.1 Å². The molecule has 6 heteroatoms. The van der Waals surface area contributed by atoms with E-state index in [9.17, 15) is 4.79 Å². The molecule has 2 nitrogen and oxygen atoms in total. The van der Waals surface area contributed by atoms with Crippen LogP contribution < -0.4 is 0 Å². The van der Waals surface area contributed by atoms with Gasteiger partial charge < -0.3 is 10.5 Å². The summed E-state index contributed by atoms with van der Waals surface area (Å²) >= 11 is -1.79. The number of carbonyl (C=O) groups excluding carboxylic acids is 1. The molecule has 4 aromatic rings. The molecule has 1 aliphatic carbocycles. The molecule has 0 aliphatic heterocycles. The Morgan fingerprint density at radius 3 is 2.03 bits per heavy atom. The van der Waals surface area contributed by atoms with E-state index in [4.69, 9.17) is 22.8 Å². The predicted octanol–water partition coefficient (Wildman–Crippen LogP) is 9.65. The quantitative estimate of drug-likeness (QED) is 0.138. The van der Waals surface area contributed by atoms with Crippen LogP contribution in [0, 0.1) is 6.07 Å². The maximum atomic E-state index is 11.4. The number of rotatable bonds is 5. The molecule has 0 atom stereocenters. The van der Waals surface area contributed by atoms with Crippen molar-refractivity contribution in [2.75, 3.05) is 0 Å². The van der Waals surface area contributed by atoms with Crippen molar-refractivity contribution in [1.82, 2.24) is 0 Å². The van der Waals surface area contributed by atoms with Gasteiger partial charge in [0.2, 0.25) is 0 Å². The van der Waals surface area contributed by atoms with E-state index in [1.807, 2.05) is 58.0 Å². The Morgan fingerprint density at radius 1 is 0.846 bits per heavy atom. The minimum atomic E-state index is -1.79. The van der Waals surface area contributed by atoms with Crippen molar-refractivity contribution in [2.24, 2.45) is 0 Å². The molecule has 39 heavy (non-hydrogen) atoms. The molecule has 0 fully saturated rings. The third kappa shape index (κ3) is 9.29. The van der Waals surface area contributed by atoms with Gasteiger partial charge in [-0.3, -0.25) is 0 Å². The molecule has 0 saturated carbocycles. The minimum Gasteiger partial charge on any atom is -0.179 e. The topological polar surface area (TPSA) is 40.9 Å². The molecule has 0 unspecified atom stereocenters. The third-order valence-electron chi connectivity index (χ3n) is 6.55. The second-order valence-corrected chi connectivity index (χ2v) is 29.0. The van der Waals surface area contributed by atoms with Gasteiger partial charge in [-0.1, -0.05) is 81.3 Å². The van der Waals surface area contributed by atoms with E-state index in [1.165, 1.54) is 27.8 Å². The van der Waals surface area contributed by atoms with Crippen LogP contribution in [0.25, 0.3) is 16.9 Å². The molecule has 0 spiro atoms. The van der Waals surface area contributed by atoms with E-state index in [2.05, 4.69) is 66.7 Å². The summed E-state index contributed by atoms with van der Waals surface area (Å²) < 4.78 is 0. The van der Waals surface area contributed by atoms with Gasteiger partial charge in [0.15, 0.2) is 0 Å². The van der Waals surface area contributed by atoms with Gasteiger partial charge >= 0.3 is 83.1 Å². The maximum Gasteiger partial charge on any atom is -0.0253 e. The summed E-state index contributed by atoms with van der Waals surface area (Å²) in [7, 11) is 11.7. The van der Waals surface area contributed by atoms with Gasteiger partial charge in [0.1, 0.15) is 0 Å². The molecule has 0 aromatic heterocycles. The summed E-state index contributed by atoms with van der Waals surface area (Å²) in [6.45, 7) is 8.19. The second-order valence-electron chi connectivity index (χ2n) is 10.0. The van der Waals surface area contributed by atoms with Crippen molar-refractivity contribution in [3.05, 3.63) is 136 Å². The monoisotopic (exact) mass is 649 g/mol. The van der Waals surface area contributed by atoms with Crippen LogP contribution >= 0.6 is 17.0 Å². The van der Waals surface area contributed by atoms with Crippen LogP contribution in [0.1, 0.15) is 77.7 Å². The smallest absolute Gasteiger partial charge is 0.0253 e. The molecular weight excluding hydrogens is 617 g/mol. The van der Waals surface area contributed by atoms with Crippen molar-refractivity contribution in [1.29, 1.82) is 0 Å². The zero-order chi connectivity index (χ0) is 28.4. The Bertz CT molecular complexity index is 1350. The summed E-state index contributed by atoms with van der Waals surface area (Å²) in [5, 5.41) is 0. The van der Waals surface area contributed by atoms with Crippen molar-refractivity contribution in [2.45, 2.75) is 52.0 Å². The van der Waals surface area contributed by atoms with Gasteiger partial charge in [-0.05, 0) is 29.4 Å². The van der Waals surface area contributed by atoms with Gasteiger partial charge in [-0.15, -0.1) is 5.56 Å². The predicted molar refractivity (Wildman–Crippen MR) is 166 cm³/mol. The third-order valence-corrected chi connectivity index (χ3v) is 16.8. The molecule has 202 valence electrons. The van der Waals surface area contributed by atoms with Crippen LogP contribution in [0.2, 0.25) is 0 Å². The Balaban J connectivity index is 0.000000163. The first-order valence-electron chi connectivity index (χ1n) is 13.2. The number of fused-ring (bicyclic) bond motifs is 3. The molecule has 1 amide bonds. The molecule has 0 heterocycles. The average molecular weight is 652 g/mol. The molecule has 0 radical (unpaired) electrons. The first-order valence-corrected chi connectivity index (χ1v) is 25.2. The summed E-state index contributed by atoms with van der Waals surface area (Å²) in [6, 6.07) is 35.5. The number of halogens is 2.